The minimum atomic E-state index is -0.286. The van der Waals surface area contributed by atoms with Crippen molar-refractivity contribution in [3.63, 3.8) is 0 Å². The van der Waals surface area contributed by atoms with Crippen LogP contribution >= 0.6 is 35.6 Å². The average Bonchev–Trinajstić information content (AvgIpc) is 2.98. The van der Waals surface area contributed by atoms with Crippen molar-refractivity contribution >= 4 is 69.3 Å². The van der Waals surface area contributed by atoms with E-state index in [1.807, 2.05) is 12.1 Å². The van der Waals surface area contributed by atoms with Gasteiger partial charge in [0.25, 0.3) is 5.91 Å². The number of fused-ring (bicyclic) bond motifs is 1. The molecule has 1 saturated heterocycles. The highest BCUT2D eigenvalue weighted by molar-refractivity contribution is 8.26. The molecule has 2 aromatic rings. The molecule has 2 heterocycles. The number of benzene rings is 2. The van der Waals surface area contributed by atoms with Gasteiger partial charge >= 0.3 is 6.03 Å². The van der Waals surface area contributed by atoms with Crippen LogP contribution in [0.15, 0.2) is 47.4 Å². The molecule has 6 nitrogen and oxygen atoms in total. The van der Waals surface area contributed by atoms with Crippen LogP contribution < -0.4 is 20.3 Å². The lowest BCUT2D eigenvalue weighted by atomic mass is 10.1. The van der Waals surface area contributed by atoms with E-state index in [4.69, 9.17) is 28.6 Å². The summed E-state index contributed by atoms with van der Waals surface area (Å²) in [5.74, 6) is 0.383. The number of nitrogens with one attached hydrogen (secondary N) is 2. The van der Waals surface area contributed by atoms with Gasteiger partial charge in [0, 0.05) is 10.7 Å². The predicted octanol–water partition coefficient (Wildman–Crippen LogP) is 4.26. The minimum absolute atomic E-state index is 0.223. The van der Waals surface area contributed by atoms with Gasteiger partial charge in [-0.05, 0) is 42.0 Å². The normalized spacial score (nSPS) is 17.2. The monoisotopic (exact) mass is 431 g/mol. The first kappa shape index (κ1) is 18.8. The Kier molecular flexibility index (Phi) is 5.25. The summed E-state index contributed by atoms with van der Waals surface area (Å²) in [5.41, 5.74) is 2.01. The quantitative estimate of drug-likeness (QED) is 0.549. The highest BCUT2D eigenvalue weighted by Crippen LogP contribution is 2.35. The van der Waals surface area contributed by atoms with Gasteiger partial charge in [0.15, 0.2) is 0 Å². The molecule has 0 atom stereocenters. The van der Waals surface area contributed by atoms with Crippen LogP contribution in [0.5, 0.6) is 5.75 Å². The fourth-order valence-corrected chi connectivity index (χ4v) is 4.10. The zero-order chi connectivity index (χ0) is 19.7. The minimum Gasteiger partial charge on any atom is -0.490 e. The largest absolute Gasteiger partial charge is 0.490 e. The van der Waals surface area contributed by atoms with Crippen LogP contribution in [-0.2, 0) is 4.79 Å². The first-order chi connectivity index (χ1) is 13.5. The van der Waals surface area contributed by atoms with Crippen LogP contribution in [0, 0.1) is 0 Å². The number of halogens is 1. The molecule has 0 aromatic heterocycles. The van der Waals surface area contributed by atoms with E-state index in [0.717, 1.165) is 5.56 Å². The molecular weight excluding hydrogens is 418 g/mol. The molecule has 142 valence electrons. The van der Waals surface area contributed by atoms with Crippen molar-refractivity contribution in [1.82, 2.24) is 5.32 Å². The summed E-state index contributed by atoms with van der Waals surface area (Å²) in [4.78, 5) is 26.8. The number of carbonyl (C=O) groups is 2. The molecule has 0 unspecified atom stereocenters. The lowest BCUT2D eigenvalue weighted by Crippen LogP contribution is -2.40. The zero-order valence-corrected chi connectivity index (χ0v) is 16.8. The van der Waals surface area contributed by atoms with Crippen molar-refractivity contribution in [3.8, 4) is 5.75 Å². The lowest BCUT2D eigenvalue weighted by Gasteiger charge is -2.30. The van der Waals surface area contributed by atoms with Gasteiger partial charge < -0.3 is 15.4 Å². The van der Waals surface area contributed by atoms with E-state index in [0.29, 0.717) is 44.5 Å². The Hall–Kier alpha value is -2.55. The second kappa shape index (κ2) is 7.83. The van der Waals surface area contributed by atoms with Crippen molar-refractivity contribution in [3.05, 3.63) is 58.0 Å². The van der Waals surface area contributed by atoms with Crippen molar-refractivity contribution < 1.29 is 14.3 Å². The van der Waals surface area contributed by atoms with Crippen LogP contribution in [0.2, 0.25) is 5.02 Å². The Labute approximate surface area is 175 Å². The van der Waals surface area contributed by atoms with Gasteiger partial charge in [-0.15, -0.1) is 0 Å². The van der Waals surface area contributed by atoms with E-state index in [1.54, 1.807) is 41.3 Å². The van der Waals surface area contributed by atoms with Crippen molar-refractivity contribution in [1.29, 1.82) is 0 Å². The topological polar surface area (TPSA) is 70.7 Å². The highest BCUT2D eigenvalue weighted by atomic mass is 35.5. The molecule has 0 saturated carbocycles. The summed E-state index contributed by atoms with van der Waals surface area (Å²) in [7, 11) is 0. The SMILES string of the molecule is O=C1NC(=S)SC1=Cc1ccc2c(c1)N(C(=O)Nc1cccc(Cl)c1)CCO2. The molecule has 0 radical (unpaired) electrons. The summed E-state index contributed by atoms with van der Waals surface area (Å²) in [6.45, 7) is 0.793. The fraction of sp³-hybridized carbons (Fsp3) is 0.105. The number of hydrogen-bond donors (Lipinski definition) is 2. The molecule has 2 N–H and O–H groups in total. The van der Waals surface area contributed by atoms with E-state index >= 15 is 0 Å². The Morgan fingerprint density at radius 2 is 2.18 bits per heavy atom. The van der Waals surface area contributed by atoms with Gasteiger partial charge in [-0.3, -0.25) is 9.69 Å². The third-order valence-corrected chi connectivity index (χ3v) is 5.50. The third kappa shape index (κ3) is 3.99. The maximum atomic E-state index is 12.8. The predicted molar refractivity (Wildman–Crippen MR) is 116 cm³/mol. The first-order valence-corrected chi connectivity index (χ1v) is 9.96. The molecule has 0 bridgehead atoms. The summed E-state index contributed by atoms with van der Waals surface area (Å²) >= 11 is 12.2. The second-order valence-electron chi connectivity index (χ2n) is 6.02. The second-order valence-corrected chi connectivity index (χ2v) is 8.18. The van der Waals surface area contributed by atoms with Crippen LogP contribution in [0.1, 0.15) is 5.56 Å². The van der Waals surface area contributed by atoms with E-state index in [2.05, 4.69) is 10.6 Å². The molecule has 1 fully saturated rings. The number of rotatable bonds is 2. The van der Waals surface area contributed by atoms with E-state index in [1.165, 1.54) is 11.8 Å². The molecule has 9 heteroatoms. The van der Waals surface area contributed by atoms with Gasteiger partial charge in [0.2, 0.25) is 0 Å². The van der Waals surface area contributed by atoms with Crippen LogP contribution in [0.25, 0.3) is 6.08 Å². The Morgan fingerprint density at radius 1 is 1.32 bits per heavy atom. The highest BCUT2D eigenvalue weighted by Gasteiger charge is 2.25. The van der Waals surface area contributed by atoms with E-state index < -0.39 is 0 Å². The van der Waals surface area contributed by atoms with E-state index in [-0.39, 0.29) is 11.9 Å². The van der Waals surface area contributed by atoms with Crippen molar-refractivity contribution in [2.45, 2.75) is 0 Å². The van der Waals surface area contributed by atoms with Gasteiger partial charge in [-0.1, -0.05) is 47.7 Å². The Balaban J connectivity index is 1.61. The third-order valence-electron chi connectivity index (χ3n) is 4.11. The van der Waals surface area contributed by atoms with Crippen LogP contribution in [0.4, 0.5) is 16.2 Å². The molecular formula is C19H14ClN3O3S2. The van der Waals surface area contributed by atoms with Gasteiger partial charge in [-0.25, -0.2) is 4.79 Å². The van der Waals surface area contributed by atoms with Crippen molar-refractivity contribution in [2.24, 2.45) is 0 Å². The van der Waals surface area contributed by atoms with Gasteiger partial charge in [-0.2, -0.15) is 0 Å². The molecule has 2 aromatic carbocycles. The lowest BCUT2D eigenvalue weighted by molar-refractivity contribution is -0.115. The number of nitrogens with zero attached hydrogens (tertiary/aromatic N) is 1. The van der Waals surface area contributed by atoms with Crippen molar-refractivity contribution in [2.75, 3.05) is 23.4 Å². The first-order valence-electron chi connectivity index (χ1n) is 8.35. The number of thioether (sulfide) groups is 1. The van der Waals surface area contributed by atoms with Gasteiger partial charge in [0.1, 0.15) is 16.7 Å². The number of amides is 3. The number of ether oxygens (including phenoxy) is 1. The average molecular weight is 432 g/mol. The summed E-state index contributed by atoms with van der Waals surface area (Å²) in [5, 5.41) is 5.97. The number of urea groups is 1. The summed E-state index contributed by atoms with van der Waals surface area (Å²) in [6, 6.07) is 12.1. The number of carbonyl (C=O) groups excluding carboxylic acids is 2. The van der Waals surface area contributed by atoms with Gasteiger partial charge in [0.05, 0.1) is 17.1 Å². The van der Waals surface area contributed by atoms with Crippen LogP contribution in [0.3, 0.4) is 0 Å². The Bertz CT molecular complexity index is 1030. The summed E-state index contributed by atoms with van der Waals surface area (Å²) < 4.78 is 6.10. The number of thiocarbonyl (C=S) groups is 1. The van der Waals surface area contributed by atoms with E-state index in [9.17, 15) is 9.59 Å². The molecule has 0 aliphatic carbocycles. The molecule has 2 aliphatic heterocycles. The maximum Gasteiger partial charge on any atom is 0.326 e. The number of hydrogen-bond acceptors (Lipinski definition) is 5. The fourth-order valence-electron chi connectivity index (χ4n) is 2.87. The molecule has 2 aliphatic rings. The molecule has 28 heavy (non-hydrogen) atoms. The standard InChI is InChI=1S/C19H14ClN3O3S2/c20-12-2-1-3-13(10-12)21-18(25)23-6-7-26-15-5-4-11(8-14(15)23)9-16-17(24)22-19(27)28-16/h1-5,8-10H,6-7H2,(H,21,25)(H,22,24,27). The number of anilines is 2. The smallest absolute Gasteiger partial charge is 0.326 e. The molecule has 4 rings (SSSR count). The Morgan fingerprint density at radius 3 is 2.93 bits per heavy atom. The molecule has 0 spiro atoms. The summed E-state index contributed by atoms with van der Waals surface area (Å²) in [6.07, 6.45) is 1.74. The zero-order valence-electron chi connectivity index (χ0n) is 14.4. The van der Waals surface area contributed by atoms with Crippen LogP contribution in [-0.4, -0.2) is 29.4 Å². The maximum absolute atomic E-state index is 12.8. The molecule has 3 amide bonds.